The highest BCUT2D eigenvalue weighted by atomic mass is 16.1. The highest BCUT2D eigenvalue weighted by molar-refractivity contribution is 5.71. The fourth-order valence-electron chi connectivity index (χ4n) is 1.48. The topological polar surface area (TPSA) is 34.9 Å². The van der Waals surface area contributed by atoms with E-state index < -0.39 is 0 Å². The van der Waals surface area contributed by atoms with Crippen molar-refractivity contribution < 1.29 is 4.79 Å². The monoisotopic (exact) mass is 164 g/mol. The van der Waals surface area contributed by atoms with Gasteiger partial charge in [-0.1, -0.05) is 6.42 Å². The van der Waals surface area contributed by atoms with Gasteiger partial charge < -0.3 is 0 Å². The standard InChI is InChI=1S/C9H12N2O/c12-7-9-4-5-11(10-9)6-8-2-1-3-8/h4-5,7-8H,1-3,6H2. The van der Waals surface area contributed by atoms with Crippen molar-refractivity contribution in [3.8, 4) is 0 Å². The minimum atomic E-state index is 0.536. The second-order valence-electron chi connectivity index (χ2n) is 3.38. The number of carbonyl (C=O) groups is 1. The molecule has 1 saturated carbocycles. The van der Waals surface area contributed by atoms with Crippen LogP contribution in [0.2, 0.25) is 0 Å². The zero-order valence-electron chi connectivity index (χ0n) is 6.94. The number of carbonyl (C=O) groups excluding carboxylic acids is 1. The Morgan fingerprint density at radius 2 is 2.50 bits per heavy atom. The molecule has 1 aliphatic carbocycles. The Balaban J connectivity index is 1.97. The van der Waals surface area contributed by atoms with E-state index in [0.29, 0.717) is 5.69 Å². The quantitative estimate of drug-likeness (QED) is 0.634. The van der Waals surface area contributed by atoms with Gasteiger partial charge in [-0.15, -0.1) is 0 Å². The Labute approximate surface area is 71.4 Å². The lowest BCUT2D eigenvalue weighted by Gasteiger charge is -2.24. The molecule has 1 fully saturated rings. The van der Waals surface area contributed by atoms with Gasteiger partial charge in [0, 0.05) is 12.7 Å². The van der Waals surface area contributed by atoms with E-state index in [-0.39, 0.29) is 0 Å². The lowest BCUT2D eigenvalue weighted by Crippen LogP contribution is -2.18. The van der Waals surface area contributed by atoms with E-state index in [1.165, 1.54) is 19.3 Å². The van der Waals surface area contributed by atoms with Gasteiger partial charge in [-0.3, -0.25) is 9.48 Å². The summed E-state index contributed by atoms with van der Waals surface area (Å²) in [6.07, 6.45) is 6.65. The molecule has 0 atom stereocenters. The van der Waals surface area contributed by atoms with Crippen LogP contribution in [0.25, 0.3) is 0 Å². The third-order valence-electron chi connectivity index (χ3n) is 2.45. The number of nitrogens with zero attached hydrogens (tertiary/aromatic N) is 2. The molecule has 0 aromatic carbocycles. The SMILES string of the molecule is O=Cc1ccn(CC2CCC2)n1. The normalized spacial score (nSPS) is 17.3. The first-order valence-electron chi connectivity index (χ1n) is 4.37. The van der Waals surface area contributed by atoms with E-state index >= 15 is 0 Å². The summed E-state index contributed by atoms with van der Waals surface area (Å²) in [6, 6.07) is 1.76. The molecule has 0 saturated heterocycles. The number of rotatable bonds is 3. The molecule has 12 heavy (non-hydrogen) atoms. The van der Waals surface area contributed by atoms with Crippen LogP contribution >= 0.6 is 0 Å². The molecule has 1 aliphatic rings. The van der Waals surface area contributed by atoms with Crippen LogP contribution in [-0.2, 0) is 6.54 Å². The van der Waals surface area contributed by atoms with E-state index in [1.54, 1.807) is 6.07 Å². The van der Waals surface area contributed by atoms with Crippen molar-refractivity contribution in [3.63, 3.8) is 0 Å². The maximum absolute atomic E-state index is 10.3. The predicted octanol–water partition coefficient (Wildman–Crippen LogP) is 1.50. The average Bonchev–Trinajstić information content (AvgIpc) is 2.44. The van der Waals surface area contributed by atoms with Gasteiger partial charge in [-0.05, 0) is 24.8 Å². The van der Waals surface area contributed by atoms with E-state index in [1.807, 2.05) is 10.9 Å². The lowest BCUT2D eigenvalue weighted by atomic mass is 9.85. The first-order valence-corrected chi connectivity index (χ1v) is 4.37. The first kappa shape index (κ1) is 7.53. The average molecular weight is 164 g/mol. The largest absolute Gasteiger partial charge is 0.296 e. The van der Waals surface area contributed by atoms with Crippen LogP contribution in [0.5, 0.6) is 0 Å². The molecule has 3 heteroatoms. The zero-order chi connectivity index (χ0) is 8.39. The van der Waals surface area contributed by atoms with E-state index in [2.05, 4.69) is 5.10 Å². The second kappa shape index (κ2) is 3.09. The number of aldehydes is 1. The van der Waals surface area contributed by atoms with Gasteiger partial charge in [-0.2, -0.15) is 5.10 Å². The Morgan fingerprint density at radius 1 is 1.67 bits per heavy atom. The predicted molar refractivity (Wildman–Crippen MR) is 45.0 cm³/mol. The van der Waals surface area contributed by atoms with E-state index in [4.69, 9.17) is 0 Å². The van der Waals surface area contributed by atoms with Crippen molar-refractivity contribution in [3.05, 3.63) is 18.0 Å². The van der Waals surface area contributed by atoms with Crippen molar-refractivity contribution in [2.75, 3.05) is 0 Å². The number of hydrogen-bond acceptors (Lipinski definition) is 2. The molecule has 1 heterocycles. The Bertz CT molecular complexity index is 276. The lowest BCUT2D eigenvalue weighted by molar-refractivity contribution is 0.111. The highest BCUT2D eigenvalue weighted by Gasteiger charge is 2.17. The highest BCUT2D eigenvalue weighted by Crippen LogP contribution is 2.27. The summed E-state index contributed by atoms with van der Waals surface area (Å²) in [5, 5.41) is 4.10. The summed E-state index contributed by atoms with van der Waals surface area (Å²) in [5.74, 6) is 0.796. The summed E-state index contributed by atoms with van der Waals surface area (Å²) in [7, 11) is 0. The Kier molecular flexibility index (Phi) is 1.94. The molecular formula is C9H12N2O. The molecular weight excluding hydrogens is 152 g/mol. The van der Waals surface area contributed by atoms with E-state index in [9.17, 15) is 4.79 Å². The van der Waals surface area contributed by atoms with Crippen molar-refractivity contribution >= 4 is 6.29 Å². The van der Waals surface area contributed by atoms with Crippen molar-refractivity contribution in [1.29, 1.82) is 0 Å². The maximum Gasteiger partial charge on any atom is 0.170 e. The molecule has 0 aliphatic heterocycles. The molecule has 0 N–H and O–H groups in total. The fourth-order valence-corrected chi connectivity index (χ4v) is 1.48. The molecule has 1 aromatic rings. The summed E-state index contributed by atoms with van der Waals surface area (Å²) < 4.78 is 1.87. The molecule has 2 rings (SSSR count). The molecule has 0 bridgehead atoms. The second-order valence-corrected chi connectivity index (χ2v) is 3.38. The minimum Gasteiger partial charge on any atom is -0.296 e. The third-order valence-corrected chi connectivity index (χ3v) is 2.45. The van der Waals surface area contributed by atoms with Crippen LogP contribution in [0, 0.1) is 5.92 Å². The van der Waals surface area contributed by atoms with Crippen LogP contribution in [-0.4, -0.2) is 16.1 Å². The van der Waals surface area contributed by atoms with Crippen LogP contribution in [0.3, 0.4) is 0 Å². The number of aromatic nitrogens is 2. The van der Waals surface area contributed by atoms with Crippen LogP contribution in [0.4, 0.5) is 0 Å². The minimum absolute atomic E-state index is 0.536. The van der Waals surface area contributed by atoms with Crippen molar-refractivity contribution in [2.24, 2.45) is 5.92 Å². The molecule has 0 amide bonds. The third kappa shape index (κ3) is 1.40. The van der Waals surface area contributed by atoms with Gasteiger partial charge in [0.05, 0.1) is 0 Å². The van der Waals surface area contributed by atoms with Gasteiger partial charge in [-0.25, -0.2) is 0 Å². The first-order chi connectivity index (χ1) is 5.88. The van der Waals surface area contributed by atoms with Crippen LogP contribution in [0.1, 0.15) is 29.8 Å². The smallest absolute Gasteiger partial charge is 0.170 e. The van der Waals surface area contributed by atoms with Gasteiger partial charge in [0.1, 0.15) is 5.69 Å². The van der Waals surface area contributed by atoms with Crippen LogP contribution in [0.15, 0.2) is 12.3 Å². The van der Waals surface area contributed by atoms with Crippen molar-refractivity contribution in [2.45, 2.75) is 25.8 Å². The van der Waals surface area contributed by atoms with Gasteiger partial charge >= 0.3 is 0 Å². The van der Waals surface area contributed by atoms with Gasteiger partial charge in [0.15, 0.2) is 6.29 Å². The molecule has 3 nitrogen and oxygen atoms in total. The summed E-state index contributed by atoms with van der Waals surface area (Å²) in [5.41, 5.74) is 0.536. The summed E-state index contributed by atoms with van der Waals surface area (Å²) in [6.45, 7) is 0.980. The van der Waals surface area contributed by atoms with Gasteiger partial charge in [0.25, 0.3) is 0 Å². The van der Waals surface area contributed by atoms with Crippen LogP contribution < -0.4 is 0 Å². The van der Waals surface area contributed by atoms with Gasteiger partial charge in [0.2, 0.25) is 0 Å². The molecule has 64 valence electrons. The Morgan fingerprint density at radius 3 is 3.00 bits per heavy atom. The van der Waals surface area contributed by atoms with Crippen molar-refractivity contribution in [1.82, 2.24) is 9.78 Å². The fraction of sp³-hybridized carbons (Fsp3) is 0.556. The molecule has 0 spiro atoms. The van der Waals surface area contributed by atoms with E-state index in [0.717, 1.165) is 18.7 Å². The summed E-state index contributed by atoms with van der Waals surface area (Å²) >= 11 is 0. The summed E-state index contributed by atoms with van der Waals surface area (Å²) in [4.78, 5) is 10.3. The zero-order valence-corrected chi connectivity index (χ0v) is 6.94. The maximum atomic E-state index is 10.3. The number of hydrogen-bond donors (Lipinski definition) is 0. The molecule has 0 unspecified atom stereocenters. The molecule has 1 aromatic heterocycles. The Hall–Kier alpha value is -1.12. The molecule has 0 radical (unpaired) electrons.